The fraction of sp³-hybridized carbons (Fsp3) is 0.364. The number of nitrogens with zero attached hydrogens (tertiary/aromatic N) is 1. The molecular formula is C11H16N2O. The normalized spacial score (nSPS) is 9.57. The van der Waals surface area contributed by atoms with E-state index in [1.807, 2.05) is 26.0 Å². The van der Waals surface area contributed by atoms with Gasteiger partial charge < -0.3 is 10.1 Å². The molecule has 1 heterocycles. The van der Waals surface area contributed by atoms with E-state index in [1.165, 1.54) is 0 Å². The van der Waals surface area contributed by atoms with Crippen molar-refractivity contribution in [1.29, 1.82) is 0 Å². The number of aromatic nitrogens is 1. The minimum Gasteiger partial charge on any atom is -0.478 e. The van der Waals surface area contributed by atoms with Crippen LogP contribution in [-0.2, 0) is 0 Å². The fourth-order valence-corrected chi connectivity index (χ4v) is 0.971. The molecule has 0 aliphatic carbocycles. The second kappa shape index (κ2) is 5.27. The molecule has 14 heavy (non-hydrogen) atoms. The number of pyridine rings is 1. The first kappa shape index (κ1) is 10.6. The van der Waals surface area contributed by atoms with E-state index in [2.05, 4.69) is 16.9 Å². The summed E-state index contributed by atoms with van der Waals surface area (Å²) < 4.78 is 5.23. The molecule has 1 aromatic rings. The average molecular weight is 192 g/mol. The number of nitrogens with one attached hydrogen (secondary N) is 1. The highest BCUT2D eigenvalue weighted by molar-refractivity contribution is 5.42. The van der Waals surface area contributed by atoms with Crippen LogP contribution in [0, 0.1) is 0 Å². The molecule has 0 spiro atoms. The third-order valence-corrected chi connectivity index (χ3v) is 1.62. The molecule has 1 rings (SSSR count). The van der Waals surface area contributed by atoms with Gasteiger partial charge >= 0.3 is 0 Å². The van der Waals surface area contributed by atoms with Crippen LogP contribution in [0.15, 0.2) is 30.5 Å². The molecule has 3 nitrogen and oxygen atoms in total. The monoisotopic (exact) mass is 192 g/mol. The van der Waals surface area contributed by atoms with Gasteiger partial charge in [-0.1, -0.05) is 12.2 Å². The Kier molecular flexibility index (Phi) is 3.98. The fourth-order valence-electron chi connectivity index (χ4n) is 0.971. The van der Waals surface area contributed by atoms with E-state index in [1.54, 1.807) is 6.20 Å². The van der Waals surface area contributed by atoms with Crippen molar-refractivity contribution in [2.75, 3.05) is 18.5 Å². The molecule has 3 heteroatoms. The third-order valence-electron chi connectivity index (χ3n) is 1.62. The quantitative estimate of drug-likeness (QED) is 0.728. The second-order valence-electron chi connectivity index (χ2n) is 3.13. The Bertz CT molecular complexity index is 293. The summed E-state index contributed by atoms with van der Waals surface area (Å²) in [6.07, 6.45) is 1.76. The van der Waals surface area contributed by atoms with Crippen LogP contribution in [0.2, 0.25) is 0 Å². The summed E-state index contributed by atoms with van der Waals surface area (Å²) in [5.41, 5.74) is 2.08. The van der Waals surface area contributed by atoms with Crippen molar-refractivity contribution in [2.24, 2.45) is 0 Å². The Morgan fingerprint density at radius 1 is 1.57 bits per heavy atom. The highest BCUT2D eigenvalue weighted by Crippen LogP contribution is 2.11. The van der Waals surface area contributed by atoms with Gasteiger partial charge in [0.05, 0.1) is 18.5 Å². The van der Waals surface area contributed by atoms with E-state index >= 15 is 0 Å². The summed E-state index contributed by atoms with van der Waals surface area (Å²) in [4.78, 5) is 4.13. The van der Waals surface area contributed by atoms with E-state index < -0.39 is 0 Å². The highest BCUT2D eigenvalue weighted by Gasteiger charge is 1.94. The first-order chi connectivity index (χ1) is 6.72. The van der Waals surface area contributed by atoms with Crippen molar-refractivity contribution >= 4 is 5.69 Å². The van der Waals surface area contributed by atoms with Crippen LogP contribution in [-0.4, -0.2) is 18.1 Å². The summed E-state index contributed by atoms with van der Waals surface area (Å²) >= 11 is 0. The molecule has 76 valence electrons. The van der Waals surface area contributed by atoms with Crippen LogP contribution in [0.5, 0.6) is 5.88 Å². The van der Waals surface area contributed by atoms with Gasteiger partial charge in [0.25, 0.3) is 0 Å². The molecule has 0 fully saturated rings. The summed E-state index contributed by atoms with van der Waals surface area (Å²) in [6.45, 7) is 9.15. The standard InChI is InChI=1S/C11H16N2O/c1-4-14-11-6-5-10(8-13-11)12-7-9(2)3/h5-6,8,12H,2,4,7H2,1,3H3. The number of anilines is 1. The number of hydrogen-bond donors (Lipinski definition) is 1. The number of rotatable bonds is 5. The van der Waals surface area contributed by atoms with Crippen LogP contribution in [0.1, 0.15) is 13.8 Å². The Labute approximate surface area is 84.8 Å². The van der Waals surface area contributed by atoms with Gasteiger partial charge in [0.1, 0.15) is 0 Å². The van der Waals surface area contributed by atoms with Gasteiger partial charge in [0.2, 0.25) is 5.88 Å². The van der Waals surface area contributed by atoms with Gasteiger partial charge in [0.15, 0.2) is 0 Å². The molecule has 1 N–H and O–H groups in total. The van der Waals surface area contributed by atoms with Gasteiger partial charge in [-0.25, -0.2) is 4.98 Å². The smallest absolute Gasteiger partial charge is 0.213 e. The second-order valence-corrected chi connectivity index (χ2v) is 3.13. The Balaban J connectivity index is 2.50. The minimum absolute atomic E-state index is 0.644. The third kappa shape index (κ3) is 3.47. The van der Waals surface area contributed by atoms with E-state index in [9.17, 15) is 0 Å². The van der Waals surface area contributed by atoms with E-state index in [0.29, 0.717) is 12.5 Å². The van der Waals surface area contributed by atoms with Crippen LogP contribution in [0.4, 0.5) is 5.69 Å². The largest absolute Gasteiger partial charge is 0.478 e. The molecule has 0 aromatic carbocycles. The first-order valence-electron chi connectivity index (χ1n) is 4.69. The maximum atomic E-state index is 5.23. The van der Waals surface area contributed by atoms with E-state index in [-0.39, 0.29) is 0 Å². The lowest BCUT2D eigenvalue weighted by molar-refractivity contribution is 0.327. The van der Waals surface area contributed by atoms with Gasteiger partial charge in [-0.3, -0.25) is 0 Å². The summed E-state index contributed by atoms with van der Waals surface area (Å²) in [5, 5.41) is 3.20. The van der Waals surface area contributed by atoms with Crippen molar-refractivity contribution < 1.29 is 4.74 Å². The highest BCUT2D eigenvalue weighted by atomic mass is 16.5. The zero-order valence-corrected chi connectivity index (χ0v) is 8.71. The summed E-state index contributed by atoms with van der Waals surface area (Å²) in [5.74, 6) is 0.661. The van der Waals surface area contributed by atoms with Crippen molar-refractivity contribution in [3.05, 3.63) is 30.5 Å². The molecule has 1 aromatic heterocycles. The molecule has 0 radical (unpaired) electrons. The Morgan fingerprint density at radius 2 is 2.36 bits per heavy atom. The molecule has 0 saturated carbocycles. The van der Waals surface area contributed by atoms with Gasteiger partial charge in [-0.15, -0.1) is 0 Å². The van der Waals surface area contributed by atoms with Gasteiger partial charge in [0, 0.05) is 12.6 Å². The lowest BCUT2D eigenvalue weighted by atomic mass is 10.3. The summed E-state index contributed by atoms with van der Waals surface area (Å²) in [7, 11) is 0. The molecular weight excluding hydrogens is 176 g/mol. The van der Waals surface area contributed by atoms with E-state index in [4.69, 9.17) is 4.74 Å². The van der Waals surface area contributed by atoms with Crippen LogP contribution < -0.4 is 10.1 Å². The summed E-state index contributed by atoms with van der Waals surface area (Å²) in [6, 6.07) is 3.80. The molecule has 0 atom stereocenters. The minimum atomic E-state index is 0.644. The van der Waals surface area contributed by atoms with Crippen LogP contribution >= 0.6 is 0 Å². The predicted octanol–water partition coefficient (Wildman–Crippen LogP) is 2.47. The first-order valence-corrected chi connectivity index (χ1v) is 4.69. The van der Waals surface area contributed by atoms with Gasteiger partial charge in [-0.2, -0.15) is 0 Å². The molecule has 0 bridgehead atoms. The number of hydrogen-bond acceptors (Lipinski definition) is 3. The zero-order valence-electron chi connectivity index (χ0n) is 8.71. The number of ether oxygens (including phenoxy) is 1. The predicted molar refractivity (Wildman–Crippen MR) is 58.7 cm³/mol. The van der Waals surface area contributed by atoms with Crippen LogP contribution in [0.3, 0.4) is 0 Å². The van der Waals surface area contributed by atoms with Gasteiger partial charge in [-0.05, 0) is 19.9 Å². The van der Waals surface area contributed by atoms with Crippen molar-refractivity contribution in [3.63, 3.8) is 0 Å². The average Bonchev–Trinajstić information content (AvgIpc) is 2.17. The maximum Gasteiger partial charge on any atom is 0.213 e. The SMILES string of the molecule is C=C(C)CNc1ccc(OCC)nc1. The molecule has 0 aliphatic rings. The molecule has 0 saturated heterocycles. The zero-order chi connectivity index (χ0) is 10.4. The Morgan fingerprint density at radius 3 is 2.86 bits per heavy atom. The molecule has 0 aliphatic heterocycles. The molecule has 0 unspecified atom stereocenters. The van der Waals surface area contributed by atoms with Crippen molar-refractivity contribution in [1.82, 2.24) is 4.98 Å². The van der Waals surface area contributed by atoms with Crippen LogP contribution in [0.25, 0.3) is 0 Å². The topological polar surface area (TPSA) is 34.1 Å². The molecule has 0 amide bonds. The Hall–Kier alpha value is -1.51. The lowest BCUT2D eigenvalue weighted by Gasteiger charge is -2.06. The van der Waals surface area contributed by atoms with Crippen molar-refractivity contribution in [3.8, 4) is 5.88 Å². The van der Waals surface area contributed by atoms with Crippen molar-refractivity contribution in [2.45, 2.75) is 13.8 Å². The lowest BCUT2D eigenvalue weighted by Crippen LogP contribution is -2.02. The van der Waals surface area contributed by atoms with E-state index in [0.717, 1.165) is 17.8 Å². The maximum absolute atomic E-state index is 5.23.